The topological polar surface area (TPSA) is 47.1 Å². The third kappa shape index (κ3) is 3.36. The number of hydrogen-bond donors (Lipinski definition) is 1. The van der Waals surface area contributed by atoms with Crippen molar-refractivity contribution in [2.24, 2.45) is 5.73 Å². The molecule has 1 aromatic carbocycles. The van der Waals surface area contributed by atoms with Gasteiger partial charge in [-0.15, -0.1) is 0 Å². The summed E-state index contributed by atoms with van der Waals surface area (Å²) in [4.78, 5) is 2.51. The lowest BCUT2D eigenvalue weighted by Crippen LogP contribution is -2.20. The molecule has 0 aliphatic rings. The number of nitrogens with zero attached hydrogens (tertiary/aromatic N) is 3. The fourth-order valence-corrected chi connectivity index (χ4v) is 2.55. The SMILES string of the molecule is CCn1nc(C)c(Cl)c1CN(C)c1cccc(C(N)=S)c1. The Morgan fingerprint density at radius 2 is 2.19 bits per heavy atom. The summed E-state index contributed by atoms with van der Waals surface area (Å²) < 4.78 is 1.94. The van der Waals surface area contributed by atoms with Gasteiger partial charge in [-0.1, -0.05) is 36.0 Å². The third-order valence-electron chi connectivity index (χ3n) is 3.41. The number of nitrogens with two attached hydrogens (primary N) is 1. The van der Waals surface area contributed by atoms with Gasteiger partial charge in [-0.3, -0.25) is 4.68 Å². The number of thiocarbonyl (C=S) groups is 1. The van der Waals surface area contributed by atoms with Crippen molar-refractivity contribution in [3.8, 4) is 0 Å². The van der Waals surface area contributed by atoms with Crippen molar-refractivity contribution in [1.29, 1.82) is 0 Å². The van der Waals surface area contributed by atoms with E-state index in [1.54, 1.807) is 0 Å². The molecule has 0 saturated heterocycles. The number of benzene rings is 1. The lowest BCUT2D eigenvalue weighted by atomic mass is 10.2. The lowest BCUT2D eigenvalue weighted by Gasteiger charge is -2.20. The molecule has 21 heavy (non-hydrogen) atoms. The summed E-state index contributed by atoms with van der Waals surface area (Å²) in [7, 11) is 2.01. The summed E-state index contributed by atoms with van der Waals surface area (Å²) in [5.74, 6) is 0. The average molecular weight is 323 g/mol. The molecule has 0 saturated carbocycles. The smallest absolute Gasteiger partial charge is 0.104 e. The summed E-state index contributed by atoms with van der Waals surface area (Å²) in [5.41, 5.74) is 9.46. The number of aryl methyl sites for hydroxylation is 2. The number of rotatable bonds is 5. The van der Waals surface area contributed by atoms with Gasteiger partial charge in [-0.25, -0.2) is 0 Å². The Kier molecular flexibility index (Phi) is 4.85. The molecule has 0 spiro atoms. The Morgan fingerprint density at radius 1 is 1.48 bits per heavy atom. The Bertz CT molecular complexity index is 666. The van der Waals surface area contributed by atoms with Crippen molar-refractivity contribution < 1.29 is 0 Å². The Labute approximate surface area is 135 Å². The molecule has 1 aromatic heterocycles. The highest BCUT2D eigenvalue weighted by atomic mass is 35.5. The first-order chi connectivity index (χ1) is 9.93. The van der Waals surface area contributed by atoms with Crippen molar-refractivity contribution in [2.45, 2.75) is 26.9 Å². The fourth-order valence-electron chi connectivity index (χ4n) is 2.23. The second-order valence-corrected chi connectivity index (χ2v) is 5.75. The van der Waals surface area contributed by atoms with E-state index in [9.17, 15) is 0 Å². The van der Waals surface area contributed by atoms with Crippen LogP contribution in [0.5, 0.6) is 0 Å². The summed E-state index contributed by atoms with van der Waals surface area (Å²) in [6.07, 6.45) is 0. The zero-order valence-corrected chi connectivity index (χ0v) is 14.0. The van der Waals surface area contributed by atoms with Gasteiger partial charge in [0.15, 0.2) is 0 Å². The minimum Gasteiger partial charge on any atom is -0.389 e. The van der Waals surface area contributed by atoms with Crippen molar-refractivity contribution >= 4 is 34.5 Å². The van der Waals surface area contributed by atoms with E-state index in [4.69, 9.17) is 29.6 Å². The minimum absolute atomic E-state index is 0.401. The molecular formula is C15H19ClN4S. The van der Waals surface area contributed by atoms with Crippen molar-refractivity contribution in [2.75, 3.05) is 11.9 Å². The molecule has 0 radical (unpaired) electrons. The molecule has 4 nitrogen and oxygen atoms in total. The predicted molar refractivity (Wildman–Crippen MR) is 92.1 cm³/mol. The molecule has 0 unspecified atom stereocenters. The molecule has 0 bridgehead atoms. The number of hydrogen-bond acceptors (Lipinski definition) is 3. The number of aromatic nitrogens is 2. The van der Waals surface area contributed by atoms with Gasteiger partial charge < -0.3 is 10.6 Å². The van der Waals surface area contributed by atoms with Crippen LogP contribution in [0.3, 0.4) is 0 Å². The maximum Gasteiger partial charge on any atom is 0.104 e. The number of anilines is 1. The van der Waals surface area contributed by atoms with Crippen LogP contribution in [-0.2, 0) is 13.1 Å². The minimum atomic E-state index is 0.401. The molecule has 0 fully saturated rings. The van der Waals surface area contributed by atoms with Gasteiger partial charge in [0, 0.05) is 24.8 Å². The maximum atomic E-state index is 6.36. The molecular weight excluding hydrogens is 304 g/mol. The standard InChI is InChI=1S/C15H19ClN4S/c1-4-20-13(14(16)10(2)18-20)9-19(3)12-7-5-6-11(8-12)15(17)21/h5-8H,4,9H2,1-3H3,(H2,17,21). The Morgan fingerprint density at radius 3 is 2.81 bits per heavy atom. The second kappa shape index (κ2) is 6.45. The van der Waals surface area contributed by atoms with Crippen LogP contribution in [0.2, 0.25) is 5.02 Å². The van der Waals surface area contributed by atoms with Crippen LogP contribution in [0.15, 0.2) is 24.3 Å². The van der Waals surface area contributed by atoms with Crippen LogP contribution in [0.25, 0.3) is 0 Å². The van der Waals surface area contributed by atoms with Crippen molar-refractivity contribution in [3.05, 3.63) is 46.2 Å². The van der Waals surface area contributed by atoms with Gasteiger partial charge in [0.05, 0.1) is 23.0 Å². The van der Waals surface area contributed by atoms with Gasteiger partial charge in [-0.05, 0) is 26.0 Å². The third-order valence-corrected chi connectivity index (χ3v) is 4.14. The first kappa shape index (κ1) is 15.8. The summed E-state index contributed by atoms with van der Waals surface area (Å²) >= 11 is 11.4. The van der Waals surface area contributed by atoms with Gasteiger partial charge >= 0.3 is 0 Å². The van der Waals surface area contributed by atoms with Gasteiger partial charge in [0.2, 0.25) is 0 Å². The van der Waals surface area contributed by atoms with Crippen molar-refractivity contribution in [1.82, 2.24) is 9.78 Å². The summed E-state index contributed by atoms with van der Waals surface area (Å²) in [6, 6.07) is 7.86. The molecule has 2 rings (SSSR count). The van der Waals surface area contributed by atoms with E-state index in [0.717, 1.165) is 34.2 Å². The zero-order valence-electron chi connectivity index (χ0n) is 12.4. The van der Waals surface area contributed by atoms with Gasteiger partial charge in [-0.2, -0.15) is 5.10 Å². The average Bonchev–Trinajstić information content (AvgIpc) is 2.75. The first-order valence-electron chi connectivity index (χ1n) is 6.76. The van der Waals surface area contributed by atoms with Gasteiger partial charge in [0.1, 0.15) is 4.99 Å². The van der Waals surface area contributed by atoms with E-state index in [1.165, 1.54) is 0 Å². The highest BCUT2D eigenvalue weighted by Gasteiger charge is 2.15. The van der Waals surface area contributed by atoms with Crippen LogP contribution in [0, 0.1) is 6.92 Å². The van der Waals surface area contributed by atoms with E-state index >= 15 is 0 Å². The molecule has 6 heteroatoms. The molecule has 2 aromatic rings. The summed E-state index contributed by atoms with van der Waals surface area (Å²) in [5, 5.41) is 5.17. The van der Waals surface area contributed by atoms with Crippen LogP contribution in [0.1, 0.15) is 23.9 Å². The Balaban J connectivity index is 2.28. The molecule has 0 atom stereocenters. The molecule has 0 amide bonds. The van der Waals surface area contributed by atoms with E-state index in [0.29, 0.717) is 11.5 Å². The van der Waals surface area contributed by atoms with Gasteiger partial charge in [0.25, 0.3) is 0 Å². The second-order valence-electron chi connectivity index (χ2n) is 4.93. The van der Waals surface area contributed by atoms with Crippen molar-refractivity contribution in [3.63, 3.8) is 0 Å². The van der Waals surface area contributed by atoms with Crippen LogP contribution >= 0.6 is 23.8 Å². The molecule has 1 heterocycles. The fraction of sp³-hybridized carbons (Fsp3) is 0.333. The number of halogens is 1. The predicted octanol–water partition coefficient (Wildman–Crippen LogP) is 3.14. The Hall–Kier alpha value is -1.59. The molecule has 2 N–H and O–H groups in total. The van der Waals surface area contributed by atoms with E-state index < -0.39 is 0 Å². The summed E-state index contributed by atoms with van der Waals surface area (Å²) in [6.45, 7) is 5.45. The van der Waals surface area contributed by atoms with Crippen LogP contribution in [0.4, 0.5) is 5.69 Å². The van der Waals surface area contributed by atoms with Crippen LogP contribution in [-0.4, -0.2) is 21.8 Å². The van der Waals surface area contributed by atoms with E-state index in [-0.39, 0.29) is 0 Å². The first-order valence-corrected chi connectivity index (χ1v) is 7.55. The molecule has 112 valence electrons. The largest absolute Gasteiger partial charge is 0.389 e. The highest BCUT2D eigenvalue weighted by molar-refractivity contribution is 7.80. The highest BCUT2D eigenvalue weighted by Crippen LogP contribution is 2.24. The lowest BCUT2D eigenvalue weighted by molar-refractivity contribution is 0.613. The van der Waals surface area contributed by atoms with Crippen LogP contribution < -0.4 is 10.6 Å². The zero-order chi connectivity index (χ0) is 15.6. The van der Waals surface area contributed by atoms with E-state index in [1.807, 2.05) is 42.9 Å². The quantitative estimate of drug-likeness (QED) is 0.859. The molecule has 0 aliphatic carbocycles. The van der Waals surface area contributed by atoms with E-state index in [2.05, 4.69) is 16.9 Å². The maximum absolute atomic E-state index is 6.36. The normalized spacial score (nSPS) is 10.7. The monoisotopic (exact) mass is 322 g/mol. The molecule has 0 aliphatic heterocycles.